The zero-order chi connectivity index (χ0) is 17.8. The van der Waals surface area contributed by atoms with E-state index in [2.05, 4.69) is 4.98 Å². The fourth-order valence-electron chi connectivity index (χ4n) is 4.12. The van der Waals surface area contributed by atoms with Gasteiger partial charge in [0.05, 0.1) is 0 Å². The molecule has 2 saturated carbocycles. The molecular weight excluding hydrogens is 322 g/mol. The Balaban J connectivity index is 1.93. The van der Waals surface area contributed by atoms with Crippen LogP contribution in [0.2, 0.25) is 0 Å². The van der Waals surface area contributed by atoms with Crippen LogP contribution in [0, 0.1) is 11.8 Å². The van der Waals surface area contributed by atoms with Gasteiger partial charge in [-0.25, -0.2) is 0 Å². The van der Waals surface area contributed by atoms with Crippen LogP contribution in [0.1, 0.15) is 37.4 Å². The monoisotopic (exact) mass is 351 g/mol. The second-order valence-electron chi connectivity index (χ2n) is 7.07. The summed E-state index contributed by atoms with van der Waals surface area (Å²) >= 11 is 0. The highest BCUT2D eigenvalue weighted by molar-refractivity contribution is 5.38. The number of anilines is 2. The van der Waals surface area contributed by atoms with Gasteiger partial charge in [0.1, 0.15) is 26.0 Å². The van der Waals surface area contributed by atoms with Gasteiger partial charge in [-0.1, -0.05) is 6.42 Å². The smallest absolute Gasteiger partial charge is 0.234 e. The molecule has 3 rings (SSSR count). The second kappa shape index (κ2) is 8.25. The van der Waals surface area contributed by atoms with E-state index in [-0.39, 0.29) is 0 Å². The second-order valence-corrected chi connectivity index (χ2v) is 7.07. The van der Waals surface area contributed by atoms with Gasteiger partial charge in [0.15, 0.2) is 0 Å². The topological polar surface area (TPSA) is 72.8 Å². The zero-order valence-corrected chi connectivity index (χ0v) is 15.6. The number of ether oxygens (including phenoxy) is 3. The summed E-state index contributed by atoms with van der Waals surface area (Å²) in [5.41, 5.74) is 0. The first kappa shape index (κ1) is 18.3. The standard InChI is InChI=1S/C17H29N5O3/c1-21(9-23-2)16-18-15(14-8-12-5-6-13(14)7-12)19-17(20-16)22(10-24-3)11-25-4/h12-14H,5-11H2,1-4H3. The van der Waals surface area contributed by atoms with Crippen LogP contribution in [-0.4, -0.2) is 63.5 Å². The maximum absolute atomic E-state index is 5.28. The van der Waals surface area contributed by atoms with Gasteiger partial charge in [-0.3, -0.25) is 4.90 Å². The van der Waals surface area contributed by atoms with Crippen molar-refractivity contribution in [2.24, 2.45) is 11.8 Å². The van der Waals surface area contributed by atoms with Crippen molar-refractivity contribution in [3.8, 4) is 0 Å². The number of methoxy groups -OCH3 is 3. The minimum atomic E-state index is 0.363. The Kier molecular flexibility index (Phi) is 6.03. The minimum Gasteiger partial charge on any atom is -0.364 e. The molecule has 0 spiro atoms. The van der Waals surface area contributed by atoms with Gasteiger partial charge in [-0.2, -0.15) is 15.0 Å². The molecule has 140 valence electrons. The van der Waals surface area contributed by atoms with Crippen LogP contribution in [0.25, 0.3) is 0 Å². The van der Waals surface area contributed by atoms with Crippen molar-refractivity contribution in [3.63, 3.8) is 0 Å². The fourth-order valence-corrected chi connectivity index (χ4v) is 4.12. The molecule has 1 heterocycles. The highest BCUT2D eigenvalue weighted by Crippen LogP contribution is 2.52. The molecular formula is C17H29N5O3. The van der Waals surface area contributed by atoms with Gasteiger partial charge in [-0.15, -0.1) is 0 Å². The Bertz CT molecular complexity index is 567. The van der Waals surface area contributed by atoms with Crippen molar-refractivity contribution >= 4 is 11.9 Å². The lowest BCUT2D eigenvalue weighted by atomic mass is 9.88. The SMILES string of the molecule is COCN(C)c1nc(C2CC3CCC2C3)nc(N(COC)COC)n1. The Morgan fingerprint density at radius 3 is 2.12 bits per heavy atom. The van der Waals surface area contributed by atoms with E-state index in [0.717, 1.165) is 11.7 Å². The van der Waals surface area contributed by atoms with E-state index in [1.54, 1.807) is 21.3 Å². The van der Waals surface area contributed by atoms with Crippen LogP contribution in [0.4, 0.5) is 11.9 Å². The van der Waals surface area contributed by atoms with Gasteiger partial charge in [-0.05, 0) is 31.1 Å². The molecule has 2 aliphatic carbocycles. The van der Waals surface area contributed by atoms with Crippen molar-refractivity contribution in [1.29, 1.82) is 0 Å². The van der Waals surface area contributed by atoms with Crippen LogP contribution in [0.3, 0.4) is 0 Å². The maximum Gasteiger partial charge on any atom is 0.234 e. The van der Waals surface area contributed by atoms with Crippen LogP contribution in [0.5, 0.6) is 0 Å². The van der Waals surface area contributed by atoms with Crippen LogP contribution in [0.15, 0.2) is 0 Å². The number of nitrogens with zero attached hydrogens (tertiary/aromatic N) is 5. The Morgan fingerprint density at radius 2 is 1.56 bits per heavy atom. The van der Waals surface area contributed by atoms with Crippen LogP contribution >= 0.6 is 0 Å². The first-order valence-corrected chi connectivity index (χ1v) is 8.85. The summed E-state index contributed by atoms with van der Waals surface area (Å²) in [5, 5.41) is 0. The molecule has 1 aromatic rings. The predicted molar refractivity (Wildman–Crippen MR) is 94.5 cm³/mol. The summed E-state index contributed by atoms with van der Waals surface area (Å²) in [6.07, 6.45) is 5.15. The van der Waals surface area contributed by atoms with E-state index in [1.165, 1.54) is 25.7 Å². The van der Waals surface area contributed by atoms with E-state index in [0.29, 0.717) is 43.9 Å². The minimum absolute atomic E-state index is 0.363. The molecule has 2 fully saturated rings. The number of fused-ring (bicyclic) bond motifs is 2. The van der Waals surface area contributed by atoms with E-state index < -0.39 is 0 Å². The van der Waals surface area contributed by atoms with Gasteiger partial charge < -0.3 is 19.1 Å². The van der Waals surface area contributed by atoms with Gasteiger partial charge >= 0.3 is 0 Å². The summed E-state index contributed by atoms with van der Waals surface area (Å²) in [5.74, 6) is 4.09. The van der Waals surface area contributed by atoms with Gasteiger partial charge in [0.25, 0.3) is 0 Å². The number of rotatable bonds is 9. The molecule has 0 aliphatic heterocycles. The molecule has 1 aromatic heterocycles. The molecule has 2 aliphatic rings. The lowest BCUT2D eigenvalue weighted by Crippen LogP contribution is -2.32. The molecule has 8 heteroatoms. The van der Waals surface area contributed by atoms with E-state index in [1.807, 2.05) is 16.8 Å². The average molecular weight is 351 g/mol. The average Bonchev–Trinajstić information content (AvgIpc) is 3.25. The molecule has 0 N–H and O–H groups in total. The molecule has 2 bridgehead atoms. The quantitative estimate of drug-likeness (QED) is 0.624. The van der Waals surface area contributed by atoms with Gasteiger partial charge in [0, 0.05) is 34.3 Å². The summed E-state index contributed by atoms with van der Waals surface area (Å²) in [7, 11) is 6.89. The highest BCUT2D eigenvalue weighted by atomic mass is 16.5. The van der Waals surface area contributed by atoms with E-state index in [9.17, 15) is 0 Å². The molecule has 0 radical (unpaired) electrons. The highest BCUT2D eigenvalue weighted by Gasteiger charge is 2.42. The Morgan fingerprint density at radius 1 is 0.880 bits per heavy atom. The summed E-state index contributed by atoms with van der Waals surface area (Å²) in [6.45, 7) is 1.15. The van der Waals surface area contributed by atoms with Crippen molar-refractivity contribution in [2.75, 3.05) is 58.4 Å². The predicted octanol–water partition coefficient (Wildman–Crippen LogP) is 1.83. The largest absolute Gasteiger partial charge is 0.364 e. The van der Waals surface area contributed by atoms with Crippen LogP contribution < -0.4 is 9.80 Å². The normalized spacial score (nSPS) is 24.7. The van der Waals surface area contributed by atoms with Crippen molar-refractivity contribution < 1.29 is 14.2 Å². The Hall–Kier alpha value is -1.51. The Labute approximate surface area is 149 Å². The van der Waals surface area contributed by atoms with E-state index >= 15 is 0 Å². The molecule has 0 aromatic carbocycles. The summed E-state index contributed by atoms with van der Waals surface area (Å²) in [6, 6.07) is 0. The van der Waals surface area contributed by atoms with Crippen LogP contribution in [-0.2, 0) is 14.2 Å². The number of hydrogen-bond donors (Lipinski definition) is 0. The lowest BCUT2D eigenvalue weighted by molar-refractivity contribution is 0.138. The lowest BCUT2D eigenvalue weighted by Gasteiger charge is -2.26. The summed E-state index contributed by atoms with van der Waals surface area (Å²) < 4.78 is 15.8. The van der Waals surface area contributed by atoms with Crippen molar-refractivity contribution in [3.05, 3.63) is 5.82 Å². The number of hydrogen-bond acceptors (Lipinski definition) is 8. The first-order valence-electron chi connectivity index (χ1n) is 8.85. The molecule has 3 unspecified atom stereocenters. The molecule has 0 saturated heterocycles. The van der Waals surface area contributed by atoms with Crippen molar-refractivity contribution in [1.82, 2.24) is 15.0 Å². The van der Waals surface area contributed by atoms with Crippen molar-refractivity contribution in [2.45, 2.75) is 31.6 Å². The molecule has 3 atom stereocenters. The first-order chi connectivity index (χ1) is 12.2. The van der Waals surface area contributed by atoms with Gasteiger partial charge in [0.2, 0.25) is 11.9 Å². The molecule has 25 heavy (non-hydrogen) atoms. The number of aromatic nitrogens is 3. The molecule has 8 nitrogen and oxygen atoms in total. The zero-order valence-electron chi connectivity index (χ0n) is 15.6. The third-order valence-corrected chi connectivity index (χ3v) is 5.22. The molecule has 0 amide bonds. The van der Waals surface area contributed by atoms with E-state index in [4.69, 9.17) is 24.2 Å². The third-order valence-electron chi connectivity index (χ3n) is 5.22. The maximum atomic E-state index is 5.28. The fraction of sp³-hybridized carbons (Fsp3) is 0.824. The third kappa shape index (κ3) is 4.02. The summed E-state index contributed by atoms with van der Waals surface area (Å²) in [4.78, 5) is 17.9.